The fourth-order valence-electron chi connectivity index (χ4n) is 1.22. The standard InChI is InChI=1S/C11H12BrNO2/c1-8(12)6-13-7-9-4-2-3-5-10(9)11(14)15/h2-5,13H,1,6-7H2,(H,14,15). The van der Waals surface area contributed by atoms with Crippen molar-refractivity contribution in [1.82, 2.24) is 5.32 Å². The van der Waals surface area contributed by atoms with Gasteiger partial charge >= 0.3 is 5.97 Å². The molecule has 0 aromatic heterocycles. The summed E-state index contributed by atoms with van der Waals surface area (Å²) in [6.07, 6.45) is 0. The van der Waals surface area contributed by atoms with Crippen molar-refractivity contribution in [2.75, 3.05) is 6.54 Å². The fourth-order valence-corrected chi connectivity index (χ4v) is 1.41. The number of aromatic carboxylic acids is 1. The average molecular weight is 270 g/mol. The minimum atomic E-state index is -0.898. The minimum absolute atomic E-state index is 0.338. The van der Waals surface area contributed by atoms with Crippen LogP contribution in [0.3, 0.4) is 0 Å². The van der Waals surface area contributed by atoms with Crippen molar-refractivity contribution in [3.05, 3.63) is 46.5 Å². The number of benzene rings is 1. The van der Waals surface area contributed by atoms with Crippen LogP contribution in [-0.4, -0.2) is 17.6 Å². The molecule has 1 aromatic carbocycles. The highest BCUT2D eigenvalue weighted by Crippen LogP contribution is 2.08. The van der Waals surface area contributed by atoms with Gasteiger partial charge in [-0.1, -0.05) is 40.7 Å². The fraction of sp³-hybridized carbons (Fsp3) is 0.182. The first-order valence-electron chi connectivity index (χ1n) is 4.46. The van der Waals surface area contributed by atoms with Crippen molar-refractivity contribution >= 4 is 21.9 Å². The van der Waals surface area contributed by atoms with E-state index in [-0.39, 0.29) is 0 Å². The van der Waals surface area contributed by atoms with Crippen LogP contribution in [0.25, 0.3) is 0 Å². The van der Waals surface area contributed by atoms with E-state index >= 15 is 0 Å². The molecule has 0 radical (unpaired) electrons. The third-order valence-corrected chi connectivity index (χ3v) is 2.16. The second-order valence-electron chi connectivity index (χ2n) is 3.08. The molecule has 15 heavy (non-hydrogen) atoms. The molecule has 0 fully saturated rings. The van der Waals surface area contributed by atoms with Gasteiger partial charge in [-0.05, 0) is 11.6 Å². The van der Waals surface area contributed by atoms with Gasteiger partial charge in [-0.2, -0.15) is 0 Å². The summed E-state index contributed by atoms with van der Waals surface area (Å²) in [4.78, 5) is 10.9. The molecule has 0 spiro atoms. The van der Waals surface area contributed by atoms with Crippen LogP contribution < -0.4 is 5.32 Å². The Balaban J connectivity index is 2.67. The Morgan fingerprint density at radius 3 is 2.73 bits per heavy atom. The summed E-state index contributed by atoms with van der Waals surface area (Å²) in [5.41, 5.74) is 1.11. The van der Waals surface area contributed by atoms with Gasteiger partial charge in [0.05, 0.1) is 5.56 Å². The Morgan fingerprint density at radius 1 is 1.47 bits per heavy atom. The number of carbonyl (C=O) groups is 1. The predicted molar refractivity (Wildman–Crippen MR) is 63.2 cm³/mol. The first-order valence-corrected chi connectivity index (χ1v) is 5.25. The Hall–Kier alpha value is -1.13. The number of nitrogens with one attached hydrogen (secondary N) is 1. The van der Waals surface area contributed by atoms with Crippen molar-refractivity contribution < 1.29 is 9.90 Å². The maximum absolute atomic E-state index is 10.9. The lowest BCUT2D eigenvalue weighted by atomic mass is 10.1. The number of halogens is 1. The van der Waals surface area contributed by atoms with E-state index < -0.39 is 5.97 Å². The highest BCUT2D eigenvalue weighted by atomic mass is 79.9. The van der Waals surface area contributed by atoms with Crippen molar-refractivity contribution in [2.45, 2.75) is 6.54 Å². The van der Waals surface area contributed by atoms with Gasteiger partial charge in [0.25, 0.3) is 0 Å². The summed E-state index contributed by atoms with van der Waals surface area (Å²) in [5, 5.41) is 12.0. The topological polar surface area (TPSA) is 49.3 Å². The van der Waals surface area contributed by atoms with Gasteiger partial charge < -0.3 is 10.4 Å². The lowest BCUT2D eigenvalue weighted by molar-refractivity contribution is 0.0695. The molecule has 1 aromatic rings. The number of hydrogen-bond acceptors (Lipinski definition) is 2. The van der Waals surface area contributed by atoms with Crippen LogP contribution in [0.2, 0.25) is 0 Å². The zero-order valence-electron chi connectivity index (χ0n) is 8.16. The molecule has 0 aliphatic carbocycles. The third-order valence-electron chi connectivity index (χ3n) is 1.88. The summed E-state index contributed by atoms with van der Waals surface area (Å²) >= 11 is 3.22. The van der Waals surface area contributed by atoms with E-state index in [4.69, 9.17) is 5.11 Å². The summed E-state index contributed by atoms with van der Waals surface area (Å²) < 4.78 is 0.843. The van der Waals surface area contributed by atoms with Crippen molar-refractivity contribution in [1.29, 1.82) is 0 Å². The SMILES string of the molecule is C=C(Br)CNCc1ccccc1C(=O)O. The summed E-state index contributed by atoms with van der Waals surface area (Å²) in [7, 11) is 0. The molecule has 0 heterocycles. The van der Waals surface area contributed by atoms with Gasteiger partial charge in [0, 0.05) is 17.6 Å². The highest BCUT2D eigenvalue weighted by molar-refractivity contribution is 9.11. The van der Waals surface area contributed by atoms with Crippen molar-refractivity contribution in [3.63, 3.8) is 0 Å². The van der Waals surface area contributed by atoms with E-state index in [1.165, 1.54) is 0 Å². The molecule has 3 nitrogen and oxygen atoms in total. The van der Waals surface area contributed by atoms with Crippen LogP contribution in [0.5, 0.6) is 0 Å². The molecule has 4 heteroatoms. The van der Waals surface area contributed by atoms with E-state index in [2.05, 4.69) is 27.8 Å². The molecule has 0 saturated carbocycles. The van der Waals surface area contributed by atoms with E-state index in [0.29, 0.717) is 18.7 Å². The number of rotatable bonds is 5. The van der Waals surface area contributed by atoms with Crippen LogP contribution in [0.1, 0.15) is 15.9 Å². The first kappa shape index (κ1) is 11.9. The average Bonchev–Trinajstić information content (AvgIpc) is 2.17. The van der Waals surface area contributed by atoms with Gasteiger partial charge in [-0.25, -0.2) is 4.79 Å². The Bertz CT molecular complexity index is 377. The first-order chi connectivity index (χ1) is 7.11. The number of hydrogen-bond donors (Lipinski definition) is 2. The monoisotopic (exact) mass is 269 g/mol. The van der Waals surface area contributed by atoms with Gasteiger partial charge in [-0.3, -0.25) is 0 Å². The van der Waals surface area contributed by atoms with Crippen LogP contribution in [0, 0.1) is 0 Å². The number of carboxylic acids is 1. The lowest BCUT2D eigenvalue weighted by Gasteiger charge is -2.06. The van der Waals surface area contributed by atoms with E-state index in [0.717, 1.165) is 10.0 Å². The summed E-state index contributed by atoms with van der Waals surface area (Å²) in [5.74, 6) is -0.898. The third kappa shape index (κ3) is 3.85. The van der Waals surface area contributed by atoms with Crippen LogP contribution >= 0.6 is 15.9 Å². The number of carboxylic acid groups (broad SMARTS) is 1. The second-order valence-corrected chi connectivity index (χ2v) is 4.20. The van der Waals surface area contributed by atoms with E-state index in [1.807, 2.05) is 6.07 Å². The quantitative estimate of drug-likeness (QED) is 0.863. The van der Waals surface area contributed by atoms with Crippen LogP contribution in [-0.2, 0) is 6.54 Å². The normalized spacial score (nSPS) is 9.93. The zero-order chi connectivity index (χ0) is 11.3. The minimum Gasteiger partial charge on any atom is -0.478 e. The molecule has 0 amide bonds. The Morgan fingerprint density at radius 2 is 2.13 bits per heavy atom. The zero-order valence-corrected chi connectivity index (χ0v) is 9.75. The van der Waals surface area contributed by atoms with Crippen molar-refractivity contribution in [3.8, 4) is 0 Å². The molecule has 2 N–H and O–H groups in total. The van der Waals surface area contributed by atoms with Crippen LogP contribution in [0.4, 0.5) is 0 Å². The van der Waals surface area contributed by atoms with Gasteiger partial charge in [0.15, 0.2) is 0 Å². The molecule has 0 unspecified atom stereocenters. The Labute approximate surface area is 96.9 Å². The highest BCUT2D eigenvalue weighted by Gasteiger charge is 2.07. The molecule has 0 atom stereocenters. The molecule has 0 aliphatic rings. The molecule has 0 saturated heterocycles. The molecule has 0 aliphatic heterocycles. The molecule has 80 valence electrons. The maximum atomic E-state index is 10.9. The lowest BCUT2D eigenvalue weighted by Crippen LogP contribution is -2.16. The molecular formula is C11H12BrNO2. The smallest absolute Gasteiger partial charge is 0.336 e. The predicted octanol–water partition coefficient (Wildman–Crippen LogP) is 2.38. The summed E-state index contributed by atoms with van der Waals surface area (Å²) in [6.45, 7) is 4.82. The van der Waals surface area contributed by atoms with Gasteiger partial charge in [0.1, 0.15) is 0 Å². The summed E-state index contributed by atoms with van der Waals surface area (Å²) in [6, 6.07) is 6.94. The molecule has 0 bridgehead atoms. The second kappa shape index (κ2) is 5.68. The van der Waals surface area contributed by atoms with Gasteiger partial charge in [0.2, 0.25) is 0 Å². The van der Waals surface area contributed by atoms with Gasteiger partial charge in [-0.15, -0.1) is 0 Å². The van der Waals surface area contributed by atoms with E-state index in [9.17, 15) is 4.79 Å². The largest absolute Gasteiger partial charge is 0.478 e. The maximum Gasteiger partial charge on any atom is 0.336 e. The Kier molecular flexibility index (Phi) is 4.52. The molecule has 1 rings (SSSR count). The van der Waals surface area contributed by atoms with E-state index in [1.54, 1.807) is 18.2 Å². The molecular weight excluding hydrogens is 258 g/mol. The van der Waals surface area contributed by atoms with Crippen molar-refractivity contribution in [2.24, 2.45) is 0 Å². The van der Waals surface area contributed by atoms with Crippen LogP contribution in [0.15, 0.2) is 35.3 Å².